The van der Waals surface area contributed by atoms with E-state index in [-0.39, 0.29) is 18.4 Å². The maximum Gasteiger partial charge on any atom is 0.408 e. The molecule has 0 fully saturated rings. The van der Waals surface area contributed by atoms with Gasteiger partial charge in [0.1, 0.15) is 12.6 Å². The lowest BCUT2D eigenvalue weighted by molar-refractivity contribution is -0.145. The largest absolute Gasteiger partial charge is 0.445 e. The Morgan fingerprint density at radius 1 is 0.944 bits per heavy atom. The number of carbonyl (C=O) groups is 2. The molecule has 2 N–H and O–H groups in total. The molecule has 0 saturated carbocycles. The molecule has 7 nitrogen and oxygen atoms in total. The lowest BCUT2D eigenvalue weighted by atomic mass is 10.0. The van der Waals surface area contributed by atoms with Gasteiger partial charge in [0.2, 0.25) is 5.91 Å². The summed E-state index contributed by atoms with van der Waals surface area (Å²) in [5.74, 6) is -0.238. The van der Waals surface area contributed by atoms with Crippen LogP contribution in [-0.4, -0.2) is 39.6 Å². The van der Waals surface area contributed by atoms with Crippen molar-refractivity contribution >= 4 is 12.0 Å². The van der Waals surface area contributed by atoms with Crippen molar-refractivity contribution in [2.75, 3.05) is 6.54 Å². The van der Waals surface area contributed by atoms with Gasteiger partial charge in [0.15, 0.2) is 6.23 Å². The SMILES string of the molecule is CC(C)C[C@H](NC(=O)OCc1ccccc1)C(=O)N(CCCc1ccccc1)[C@@H](O)c1ccccn1. The summed E-state index contributed by atoms with van der Waals surface area (Å²) in [5.41, 5.74) is 2.38. The predicted octanol–water partition coefficient (Wildman–Crippen LogP) is 4.88. The molecule has 3 aromatic rings. The number of pyridine rings is 1. The second kappa shape index (κ2) is 14.0. The first-order chi connectivity index (χ1) is 17.4. The van der Waals surface area contributed by atoms with Crippen LogP contribution in [0.25, 0.3) is 0 Å². The lowest BCUT2D eigenvalue weighted by Crippen LogP contribution is -2.50. The second-order valence-corrected chi connectivity index (χ2v) is 9.14. The topological polar surface area (TPSA) is 91.8 Å². The lowest BCUT2D eigenvalue weighted by Gasteiger charge is -2.32. The number of benzene rings is 2. The molecule has 7 heteroatoms. The number of hydrogen-bond acceptors (Lipinski definition) is 5. The van der Waals surface area contributed by atoms with E-state index in [4.69, 9.17) is 4.74 Å². The van der Waals surface area contributed by atoms with Gasteiger partial charge in [0, 0.05) is 12.7 Å². The molecule has 1 aromatic heterocycles. The minimum Gasteiger partial charge on any atom is -0.445 e. The Morgan fingerprint density at radius 2 is 1.58 bits per heavy atom. The molecule has 0 aliphatic rings. The number of aromatic nitrogens is 1. The fourth-order valence-corrected chi connectivity index (χ4v) is 3.94. The number of amides is 2. The minimum atomic E-state index is -1.23. The van der Waals surface area contributed by atoms with Crippen LogP contribution in [0, 0.1) is 5.92 Å². The third-order valence-corrected chi connectivity index (χ3v) is 5.75. The smallest absolute Gasteiger partial charge is 0.408 e. The number of carbonyl (C=O) groups excluding carboxylic acids is 2. The van der Waals surface area contributed by atoms with Crippen molar-refractivity contribution < 1.29 is 19.4 Å². The summed E-state index contributed by atoms with van der Waals surface area (Å²) >= 11 is 0. The number of nitrogens with one attached hydrogen (secondary N) is 1. The third-order valence-electron chi connectivity index (χ3n) is 5.75. The fraction of sp³-hybridized carbons (Fsp3) is 0.345. The molecule has 36 heavy (non-hydrogen) atoms. The Balaban J connectivity index is 1.72. The maximum absolute atomic E-state index is 13.7. The Hall–Kier alpha value is -3.71. The molecule has 0 spiro atoms. The zero-order chi connectivity index (χ0) is 25.8. The summed E-state index contributed by atoms with van der Waals surface area (Å²) in [7, 11) is 0. The average Bonchev–Trinajstić information content (AvgIpc) is 2.90. The van der Waals surface area contributed by atoms with Crippen molar-refractivity contribution in [3.05, 3.63) is 102 Å². The van der Waals surface area contributed by atoms with E-state index < -0.39 is 18.4 Å². The van der Waals surface area contributed by atoms with Gasteiger partial charge in [-0.1, -0.05) is 80.6 Å². The van der Waals surface area contributed by atoms with Crippen LogP contribution in [0.5, 0.6) is 0 Å². The van der Waals surface area contributed by atoms with E-state index in [9.17, 15) is 14.7 Å². The summed E-state index contributed by atoms with van der Waals surface area (Å²) in [6.45, 7) is 4.37. The van der Waals surface area contributed by atoms with Crippen LogP contribution in [0.1, 0.15) is 49.7 Å². The second-order valence-electron chi connectivity index (χ2n) is 9.14. The zero-order valence-electron chi connectivity index (χ0n) is 20.9. The van der Waals surface area contributed by atoms with Crippen molar-refractivity contribution in [1.29, 1.82) is 0 Å². The molecule has 0 radical (unpaired) electrons. The molecule has 1 heterocycles. The molecule has 0 bridgehead atoms. The molecule has 2 atom stereocenters. The molecule has 2 amide bonds. The van der Waals surface area contributed by atoms with Gasteiger partial charge in [0.05, 0.1) is 5.69 Å². The number of ether oxygens (including phenoxy) is 1. The molecule has 190 valence electrons. The molecule has 0 aliphatic heterocycles. The van der Waals surface area contributed by atoms with E-state index in [2.05, 4.69) is 10.3 Å². The van der Waals surface area contributed by atoms with Gasteiger partial charge in [-0.25, -0.2) is 4.79 Å². The molecular formula is C29H35N3O4. The fourth-order valence-electron chi connectivity index (χ4n) is 3.94. The highest BCUT2D eigenvalue weighted by molar-refractivity contribution is 5.86. The Kier molecular flexibility index (Phi) is 10.5. The molecule has 0 saturated heterocycles. The summed E-state index contributed by atoms with van der Waals surface area (Å²) < 4.78 is 5.36. The van der Waals surface area contributed by atoms with Crippen molar-refractivity contribution in [1.82, 2.24) is 15.2 Å². The van der Waals surface area contributed by atoms with E-state index in [1.165, 1.54) is 4.90 Å². The third kappa shape index (κ3) is 8.50. The first-order valence-corrected chi connectivity index (χ1v) is 12.3. The summed E-state index contributed by atoms with van der Waals surface area (Å²) in [6.07, 6.45) is 1.48. The van der Waals surface area contributed by atoms with Gasteiger partial charge in [0.25, 0.3) is 0 Å². The zero-order valence-corrected chi connectivity index (χ0v) is 20.9. The van der Waals surface area contributed by atoms with Crippen LogP contribution < -0.4 is 5.32 Å². The van der Waals surface area contributed by atoms with Gasteiger partial charge >= 0.3 is 6.09 Å². The van der Waals surface area contributed by atoms with Gasteiger partial charge in [-0.3, -0.25) is 9.78 Å². The summed E-state index contributed by atoms with van der Waals surface area (Å²) in [5, 5.41) is 13.8. The van der Waals surface area contributed by atoms with Crippen molar-refractivity contribution in [2.24, 2.45) is 5.92 Å². The van der Waals surface area contributed by atoms with E-state index >= 15 is 0 Å². The van der Waals surface area contributed by atoms with E-state index in [0.717, 1.165) is 17.5 Å². The van der Waals surface area contributed by atoms with Crippen LogP contribution in [0.4, 0.5) is 4.79 Å². The quantitative estimate of drug-likeness (QED) is 0.354. The molecule has 3 rings (SSSR count). The first-order valence-electron chi connectivity index (χ1n) is 12.3. The summed E-state index contributed by atoms with van der Waals surface area (Å²) in [6, 6.07) is 23.7. The van der Waals surface area contributed by atoms with Gasteiger partial charge < -0.3 is 20.1 Å². The highest BCUT2D eigenvalue weighted by atomic mass is 16.5. The van der Waals surface area contributed by atoms with E-state index in [1.54, 1.807) is 24.4 Å². The van der Waals surface area contributed by atoms with Crippen LogP contribution in [0.15, 0.2) is 85.1 Å². The molecule has 2 aromatic carbocycles. The summed E-state index contributed by atoms with van der Waals surface area (Å²) in [4.78, 5) is 31.9. The average molecular weight is 490 g/mol. The highest BCUT2D eigenvalue weighted by Gasteiger charge is 2.32. The van der Waals surface area contributed by atoms with Gasteiger partial charge in [-0.2, -0.15) is 0 Å². The van der Waals surface area contributed by atoms with Crippen LogP contribution in [0.3, 0.4) is 0 Å². The number of rotatable bonds is 12. The number of aryl methyl sites for hydroxylation is 1. The molecular weight excluding hydrogens is 454 g/mol. The maximum atomic E-state index is 13.7. The standard InChI is InChI=1S/C29H35N3O4/c1-22(2)20-26(31-29(35)36-21-24-14-7-4-8-15-24)28(34)32(27(33)25-17-9-10-18-30-25)19-11-16-23-12-5-3-6-13-23/h3-10,12-15,17-18,22,26-27,33H,11,16,19-21H2,1-2H3,(H,31,35)/t26-,27-/m0/s1. The number of nitrogens with zero attached hydrogens (tertiary/aromatic N) is 2. The first kappa shape index (κ1) is 26.9. The normalized spacial score (nSPS) is 12.6. The Bertz CT molecular complexity index is 1060. The molecule has 0 aliphatic carbocycles. The number of aliphatic hydroxyl groups is 1. The van der Waals surface area contributed by atoms with E-state index in [0.29, 0.717) is 25.1 Å². The number of alkyl carbamates (subject to hydrolysis) is 1. The van der Waals surface area contributed by atoms with Crippen LogP contribution >= 0.6 is 0 Å². The van der Waals surface area contributed by atoms with E-state index in [1.807, 2.05) is 74.5 Å². The Labute approximate surface area is 213 Å². The number of aliphatic hydroxyl groups excluding tert-OH is 1. The van der Waals surface area contributed by atoms with Crippen molar-refractivity contribution in [3.8, 4) is 0 Å². The minimum absolute atomic E-state index is 0.104. The van der Waals surface area contributed by atoms with Crippen LogP contribution in [-0.2, 0) is 22.6 Å². The van der Waals surface area contributed by atoms with Crippen molar-refractivity contribution in [2.45, 2.75) is 52.0 Å². The predicted molar refractivity (Wildman–Crippen MR) is 139 cm³/mol. The molecule has 0 unspecified atom stereocenters. The monoisotopic (exact) mass is 489 g/mol. The van der Waals surface area contributed by atoms with Crippen LogP contribution in [0.2, 0.25) is 0 Å². The Morgan fingerprint density at radius 3 is 2.19 bits per heavy atom. The highest BCUT2D eigenvalue weighted by Crippen LogP contribution is 2.20. The number of hydrogen-bond donors (Lipinski definition) is 2. The van der Waals surface area contributed by atoms with Gasteiger partial charge in [-0.15, -0.1) is 0 Å². The van der Waals surface area contributed by atoms with Gasteiger partial charge in [-0.05, 0) is 48.4 Å². The van der Waals surface area contributed by atoms with Crippen molar-refractivity contribution in [3.63, 3.8) is 0 Å².